The van der Waals surface area contributed by atoms with Gasteiger partial charge in [0.2, 0.25) is 0 Å². The fraction of sp³-hybridized carbons (Fsp3) is 0.231. The predicted octanol–water partition coefficient (Wildman–Crippen LogP) is 4.35. The number of pyridine rings is 1. The van der Waals surface area contributed by atoms with Gasteiger partial charge in [0.05, 0.1) is 6.61 Å². The topological polar surface area (TPSA) is 68.2 Å². The zero-order chi connectivity index (χ0) is 21.8. The van der Waals surface area contributed by atoms with Crippen LogP contribution in [0.5, 0.6) is 0 Å². The lowest BCUT2D eigenvalue weighted by Crippen LogP contribution is -2.27. The summed E-state index contributed by atoms with van der Waals surface area (Å²) in [6.07, 6.45) is 4.04. The van der Waals surface area contributed by atoms with Gasteiger partial charge in [-0.05, 0) is 74.0 Å². The third-order valence-corrected chi connectivity index (χ3v) is 5.98. The summed E-state index contributed by atoms with van der Waals surface area (Å²) >= 11 is 0. The maximum atomic E-state index is 12.5. The van der Waals surface area contributed by atoms with Crippen molar-refractivity contribution in [3.05, 3.63) is 95.8 Å². The van der Waals surface area contributed by atoms with E-state index >= 15 is 0 Å². The van der Waals surface area contributed by atoms with E-state index < -0.39 is 0 Å². The van der Waals surface area contributed by atoms with Gasteiger partial charge >= 0.3 is 0 Å². The molecule has 0 atom stereocenters. The second kappa shape index (κ2) is 9.34. The van der Waals surface area contributed by atoms with Gasteiger partial charge in [-0.25, -0.2) is 10.5 Å². The number of aromatic nitrogens is 2. The van der Waals surface area contributed by atoms with Crippen molar-refractivity contribution < 1.29 is 9.63 Å². The van der Waals surface area contributed by atoms with E-state index in [4.69, 9.17) is 4.84 Å². The molecule has 6 heteroatoms. The van der Waals surface area contributed by atoms with Crippen LogP contribution in [0.2, 0.25) is 0 Å². The zero-order valence-electron chi connectivity index (χ0n) is 17.8. The van der Waals surface area contributed by atoms with Crippen LogP contribution in [-0.2, 0) is 11.4 Å². The Morgan fingerprint density at radius 1 is 1.03 bits per heavy atom. The number of hydrogen-bond donors (Lipinski definition) is 2. The molecule has 162 valence electrons. The van der Waals surface area contributed by atoms with Crippen LogP contribution < -0.4 is 10.8 Å². The smallest absolute Gasteiger partial charge is 0.274 e. The summed E-state index contributed by atoms with van der Waals surface area (Å²) in [7, 11) is 0. The number of hydrogen-bond acceptors (Lipinski definition) is 4. The van der Waals surface area contributed by atoms with Crippen molar-refractivity contribution in [2.24, 2.45) is 0 Å². The van der Waals surface area contributed by atoms with Crippen LogP contribution in [0.25, 0.3) is 16.7 Å². The van der Waals surface area contributed by atoms with Gasteiger partial charge in [-0.1, -0.05) is 30.3 Å². The standard InChI is InChI=1S/C26H26N4O2/c31-26(29-32-18-19-5-2-1-3-6-19)21-8-10-23(11-9-21)30-24(20-12-15-27-16-13-20)17-22-7-4-14-28-25(22)30/h1-11,14,17,20,27H,12-13,15-16,18H2,(H,29,31). The molecular formula is C26H26N4O2. The van der Waals surface area contributed by atoms with Crippen LogP contribution in [-0.4, -0.2) is 28.5 Å². The fourth-order valence-electron chi connectivity index (χ4n) is 4.32. The second-order valence-corrected chi connectivity index (χ2v) is 8.10. The van der Waals surface area contributed by atoms with Crippen molar-refractivity contribution in [3.63, 3.8) is 0 Å². The van der Waals surface area contributed by atoms with Gasteiger partial charge in [0.1, 0.15) is 5.65 Å². The summed E-state index contributed by atoms with van der Waals surface area (Å²) in [5.41, 5.74) is 7.32. The summed E-state index contributed by atoms with van der Waals surface area (Å²) in [5, 5.41) is 4.58. The molecule has 32 heavy (non-hydrogen) atoms. The van der Waals surface area contributed by atoms with Crippen LogP contribution in [0.15, 0.2) is 79.0 Å². The Kier molecular flexibility index (Phi) is 5.96. The molecule has 1 aliphatic rings. The first-order chi connectivity index (χ1) is 15.8. The number of nitrogens with zero attached hydrogens (tertiary/aromatic N) is 2. The Morgan fingerprint density at radius 2 is 1.81 bits per heavy atom. The van der Waals surface area contributed by atoms with E-state index in [-0.39, 0.29) is 5.91 Å². The summed E-state index contributed by atoms with van der Waals surface area (Å²) in [6, 6.07) is 23.7. The highest BCUT2D eigenvalue weighted by Gasteiger charge is 2.22. The lowest BCUT2D eigenvalue weighted by Gasteiger charge is -2.24. The van der Waals surface area contributed by atoms with Gasteiger partial charge in [0, 0.05) is 34.4 Å². The Labute approximate surface area is 187 Å². The average molecular weight is 427 g/mol. The number of carbonyl (C=O) groups is 1. The lowest BCUT2D eigenvalue weighted by molar-refractivity contribution is 0.0233. The lowest BCUT2D eigenvalue weighted by atomic mass is 9.94. The van der Waals surface area contributed by atoms with E-state index in [2.05, 4.69) is 32.5 Å². The molecule has 0 aliphatic carbocycles. The van der Waals surface area contributed by atoms with Crippen LogP contribution in [0.4, 0.5) is 0 Å². The van der Waals surface area contributed by atoms with Crippen molar-refractivity contribution in [2.75, 3.05) is 13.1 Å². The summed E-state index contributed by atoms with van der Waals surface area (Å²) in [5.74, 6) is 0.223. The first-order valence-electron chi connectivity index (χ1n) is 11.0. The van der Waals surface area contributed by atoms with E-state index in [0.29, 0.717) is 18.1 Å². The second-order valence-electron chi connectivity index (χ2n) is 8.10. The van der Waals surface area contributed by atoms with Gasteiger partial charge in [-0.3, -0.25) is 14.2 Å². The van der Waals surface area contributed by atoms with Crippen molar-refractivity contribution in [1.82, 2.24) is 20.3 Å². The minimum atomic E-state index is -0.262. The van der Waals surface area contributed by atoms with E-state index in [1.807, 2.05) is 66.9 Å². The molecule has 2 aromatic carbocycles. The van der Waals surface area contributed by atoms with Gasteiger partial charge in [-0.2, -0.15) is 0 Å². The first kappa shape index (κ1) is 20.4. The quantitative estimate of drug-likeness (QED) is 0.450. The molecule has 1 aliphatic heterocycles. The molecular weight excluding hydrogens is 400 g/mol. The SMILES string of the molecule is O=C(NOCc1ccccc1)c1ccc(-n2c(C3CCNCC3)cc3cccnc32)cc1. The number of piperidine rings is 1. The third kappa shape index (κ3) is 4.28. The highest BCUT2D eigenvalue weighted by atomic mass is 16.6. The highest BCUT2D eigenvalue weighted by molar-refractivity contribution is 5.93. The molecule has 4 aromatic rings. The summed E-state index contributed by atoms with van der Waals surface area (Å²) in [6.45, 7) is 2.38. The molecule has 1 saturated heterocycles. The van der Waals surface area contributed by atoms with Crippen LogP contribution in [0.1, 0.15) is 40.4 Å². The number of rotatable bonds is 6. The van der Waals surface area contributed by atoms with E-state index in [9.17, 15) is 4.79 Å². The number of nitrogens with one attached hydrogen (secondary N) is 2. The number of benzene rings is 2. The molecule has 6 nitrogen and oxygen atoms in total. The molecule has 1 fully saturated rings. The van der Waals surface area contributed by atoms with Crippen molar-refractivity contribution in [1.29, 1.82) is 0 Å². The molecule has 0 saturated carbocycles. The highest BCUT2D eigenvalue weighted by Crippen LogP contribution is 2.32. The molecule has 5 rings (SSSR count). The minimum Gasteiger partial charge on any atom is -0.317 e. The van der Waals surface area contributed by atoms with Crippen LogP contribution in [0.3, 0.4) is 0 Å². The number of fused-ring (bicyclic) bond motifs is 1. The maximum absolute atomic E-state index is 12.5. The monoisotopic (exact) mass is 426 g/mol. The normalized spacial score (nSPS) is 14.5. The molecule has 0 bridgehead atoms. The largest absolute Gasteiger partial charge is 0.317 e. The molecule has 1 amide bonds. The Hall–Kier alpha value is -3.48. The van der Waals surface area contributed by atoms with Crippen molar-refractivity contribution >= 4 is 16.9 Å². The Bertz CT molecular complexity index is 1200. The molecule has 3 heterocycles. The van der Waals surface area contributed by atoms with Gasteiger partial charge < -0.3 is 5.32 Å². The van der Waals surface area contributed by atoms with E-state index in [0.717, 1.165) is 48.2 Å². The van der Waals surface area contributed by atoms with Crippen LogP contribution in [0, 0.1) is 0 Å². The molecule has 2 aromatic heterocycles. The molecule has 2 N–H and O–H groups in total. The minimum absolute atomic E-state index is 0.262. The van der Waals surface area contributed by atoms with Gasteiger partial charge in [-0.15, -0.1) is 0 Å². The average Bonchev–Trinajstić information content (AvgIpc) is 3.25. The Morgan fingerprint density at radius 3 is 2.59 bits per heavy atom. The first-order valence-corrected chi connectivity index (χ1v) is 11.0. The number of amides is 1. The van der Waals surface area contributed by atoms with Crippen molar-refractivity contribution in [2.45, 2.75) is 25.4 Å². The Balaban J connectivity index is 1.36. The fourth-order valence-corrected chi connectivity index (χ4v) is 4.32. The van der Waals surface area contributed by atoms with E-state index in [1.165, 1.54) is 5.69 Å². The zero-order valence-corrected chi connectivity index (χ0v) is 17.8. The molecule has 0 spiro atoms. The van der Waals surface area contributed by atoms with Gasteiger partial charge in [0.15, 0.2) is 0 Å². The predicted molar refractivity (Wildman–Crippen MR) is 125 cm³/mol. The number of hydroxylamine groups is 1. The number of carbonyl (C=O) groups excluding carboxylic acids is 1. The maximum Gasteiger partial charge on any atom is 0.274 e. The molecule has 0 unspecified atom stereocenters. The van der Waals surface area contributed by atoms with E-state index in [1.54, 1.807) is 0 Å². The molecule has 0 radical (unpaired) electrons. The van der Waals surface area contributed by atoms with Crippen LogP contribution >= 0.6 is 0 Å². The summed E-state index contributed by atoms with van der Waals surface area (Å²) in [4.78, 5) is 22.5. The van der Waals surface area contributed by atoms with Gasteiger partial charge in [0.25, 0.3) is 5.91 Å². The summed E-state index contributed by atoms with van der Waals surface area (Å²) < 4.78 is 2.24. The van der Waals surface area contributed by atoms with Crippen molar-refractivity contribution in [3.8, 4) is 5.69 Å². The third-order valence-electron chi connectivity index (χ3n) is 5.98.